The highest BCUT2D eigenvalue weighted by molar-refractivity contribution is 7.18. The van der Waals surface area contributed by atoms with Gasteiger partial charge in [-0.1, -0.05) is 12.1 Å². The fraction of sp³-hybridized carbons (Fsp3) is 0.176. The van der Waals surface area contributed by atoms with Crippen molar-refractivity contribution >= 4 is 27.5 Å². The summed E-state index contributed by atoms with van der Waals surface area (Å²) in [6, 6.07) is 12.0. The Morgan fingerprint density at radius 3 is 2.91 bits per heavy atom. The van der Waals surface area contributed by atoms with Crippen molar-refractivity contribution in [2.24, 2.45) is 0 Å². The Hall–Kier alpha value is -2.27. The second-order valence-corrected chi connectivity index (χ2v) is 6.03. The second-order valence-electron chi connectivity index (χ2n) is 4.91. The number of methoxy groups -OCH3 is 1. The molecule has 0 saturated carbocycles. The minimum atomic E-state index is -0.336. The molecule has 0 amide bonds. The molecule has 5 heteroatoms. The van der Waals surface area contributed by atoms with Crippen molar-refractivity contribution in [3.8, 4) is 0 Å². The predicted octanol–water partition coefficient (Wildman–Crippen LogP) is 4.01. The van der Waals surface area contributed by atoms with Crippen LogP contribution < -0.4 is 0 Å². The zero-order valence-electron chi connectivity index (χ0n) is 12.0. The summed E-state index contributed by atoms with van der Waals surface area (Å²) in [4.78, 5) is 16.0. The Morgan fingerprint density at radius 2 is 2.09 bits per heavy atom. The van der Waals surface area contributed by atoms with Gasteiger partial charge in [0.15, 0.2) is 0 Å². The van der Waals surface area contributed by atoms with E-state index in [1.54, 1.807) is 23.5 Å². The van der Waals surface area contributed by atoms with E-state index in [0.29, 0.717) is 11.1 Å². The monoisotopic (exact) mass is 315 g/mol. The third-order valence-corrected chi connectivity index (χ3v) is 4.47. The van der Waals surface area contributed by atoms with E-state index in [2.05, 4.69) is 4.98 Å². The molecule has 3 nitrogen and oxygen atoms in total. The smallest absolute Gasteiger partial charge is 0.337 e. The van der Waals surface area contributed by atoms with E-state index in [1.165, 1.54) is 19.2 Å². The molecule has 1 aromatic heterocycles. The Bertz CT molecular complexity index is 828. The van der Waals surface area contributed by atoms with Crippen molar-refractivity contribution in [2.45, 2.75) is 12.8 Å². The lowest BCUT2D eigenvalue weighted by Gasteiger charge is -2.03. The highest BCUT2D eigenvalue weighted by atomic mass is 32.1. The first-order chi connectivity index (χ1) is 10.7. The summed E-state index contributed by atoms with van der Waals surface area (Å²) in [7, 11) is 1.37. The molecule has 0 unspecified atom stereocenters. The molecule has 0 bridgehead atoms. The van der Waals surface area contributed by atoms with Crippen LogP contribution >= 0.6 is 11.3 Å². The molecule has 0 fully saturated rings. The third-order valence-electron chi connectivity index (χ3n) is 3.37. The summed E-state index contributed by atoms with van der Waals surface area (Å²) >= 11 is 1.57. The maximum atomic E-state index is 13.2. The van der Waals surface area contributed by atoms with Crippen LogP contribution in [0, 0.1) is 5.82 Å². The molecule has 0 radical (unpaired) electrons. The Labute approximate surface area is 131 Å². The normalized spacial score (nSPS) is 10.8. The lowest BCUT2D eigenvalue weighted by Crippen LogP contribution is -2.02. The van der Waals surface area contributed by atoms with E-state index in [-0.39, 0.29) is 11.8 Å². The summed E-state index contributed by atoms with van der Waals surface area (Å²) in [6.07, 6.45) is 1.53. The van der Waals surface area contributed by atoms with Crippen molar-refractivity contribution in [3.63, 3.8) is 0 Å². The zero-order valence-corrected chi connectivity index (χ0v) is 12.8. The average Bonchev–Trinajstić information content (AvgIpc) is 2.94. The molecule has 0 saturated heterocycles. The number of halogens is 1. The van der Waals surface area contributed by atoms with Crippen molar-refractivity contribution in [1.82, 2.24) is 4.98 Å². The molecule has 0 aliphatic rings. The molecule has 0 N–H and O–H groups in total. The fourth-order valence-corrected chi connectivity index (χ4v) is 3.23. The number of thiazole rings is 1. The van der Waals surface area contributed by atoms with Crippen LogP contribution in [-0.2, 0) is 17.6 Å². The molecular formula is C17H14FNO2S. The Kier molecular flexibility index (Phi) is 4.15. The van der Waals surface area contributed by atoms with Crippen molar-refractivity contribution in [2.75, 3.05) is 7.11 Å². The number of esters is 1. The van der Waals surface area contributed by atoms with Gasteiger partial charge in [0.1, 0.15) is 5.82 Å². The number of carbonyl (C=O) groups is 1. The molecule has 22 heavy (non-hydrogen) atoms. The fourth-order valence-electron chi connectivity index (χ4n) is 2.28. The zero-order chi connectivity index (χ0) is 15.5. The molecule has 0 aliphatic carbocycles. The number of hydrogen-bond acceptors (Lipinski definition) is 4. The number of carbonyl (C=O) groups excluding carboxylic acids is 1. The number of nitrogens with zero attached hydrogens (tertiary/aromatic N) is 1. The van der Waals surface area contributed by atoms with Gasteiger partial charge in [-0.2, -0.15) is 0 Å². The molecule has 0 atom stereocenters. The summed E-state index contributed by atoms with van der Waals surface area (Å²) in [5.41, 5.74) is 2.29. The lowest BCUT2D eigenvalue weighted by atomic mass is 10.1. The van der Waals surface area contributed by atoms with E-state index in [0.717, 1.165) is 28.1 Å². The van der Waals surface area contributed by atoms with Crippen molar-refractivity contribution in [1.29, 1.82) is 0 Å². The summed E-state index contributed by atoms with van der Waals surface area (Å²) < 4.78 is 18.9. The van der Waals surface area contributed by atoms with E-state index in [9.17, 15) is 9.18 Å². The van der Waals surface area contributed by atoms with E-state index in [4.69, 9.17) is 4.74 Å². The van der Waals surface area contributed by atoms with Crippen LogP contribution in [0.3, 0.4) is 0 Å². The van der Waals surface area contributed by atoms with Gasteiger partial charge < -0.3 is 4.74 Å². The first-order valence-corrected chi connectivity index (χ1v) is 7.69. The number of benzene rings is 2. The maximum Gasteiger partial charge on any atom is 0.337 e. The third kappa shape index (κ3) is 3.14. The standard InChI is InChI=1S/C17H14FNO2S/c1-21-17(20)12-4-2-3-11(9-12)5-8-16-19-14-10-13(18)6-7-15(14)22-16/h2-4,6-7,9-10H,5,8H2,1H3. The van der Waals surface area contributed by atoms with E-state index < -0.39 is 0 Å². The van der Waals surface area contributed by atoms with Gasteiger partial charge in [0.05, 0.1) is 27.9 Å². The number of aromatic nitrogens is 1. The van der Waals surface area contributed by atoms with Gasteiger partial charge in [-0.15, -0.1) is 11.3 Å². The van der Waals surface area contributed by atoms with Gasteiger partial charge in [0, 0.05) is 12.5 Å². The van der Waals surface area contributed by atoms with Crippen LogP contribution in [0.1, 0.15) is 20.9 Å². The molecule has 0 aliphatic heterocycles. The first kappa shape index (κ1) is 14.7. The summed E-state index contributed by atoms with van der Waals surface area (Å²) in [6.45, 7) is 0. The molecule has 2 aromatic carbocycles. The first-order valence-electron chi connectivity index (χ1n) is 6.88. The number of ether oxygens (including phenoxy) is 1. The predicted molar refractivity (Wildman–Crippen MR) is 84.8 cm³/mol. The van der Waals surface area contributed by atoms with Gasteiger partial charge in [0.25, 0.3) is 0 Å². The average molecular weight is 315 g/mol. The molecular weight excluding hydrogens is 301 g/mol. The number of fused-ring (bicyclic) bond motifs is 1. The van der Waals surface area contributed by atoms with Crippen molar-refractivity contribution in [3.05, 3.63) is 64.4 Å². The molecule has 0 spiro atoms. The highest BCUT2D eigenvalue weighted by Gasteiger charge is 2.08. The molecule has 1 heterocycles. The van der Waals surface area contributed by atoms with Gasteiger partial charge in [-0.05, 0) is 36.2 Å². The second kappa shape index (κ2) is 6.23. The Morgan fingerprint density at radius 1 is 1.23 bits per heavy atom. The van der Waals surface area contributed by atoms with Crippen LogP contribution in [0.4, 0.5) is 4.39 Å². The maximum absolute atomic E-state index is 13.2. The van der Waals surface area contributed by atoms with Gasteiger partial charge in [-0.3, -0.25) is 0 Å². The van der Waals surface area contributed by atoms with Crippen molar-refractivity contribution < 1.29 is 13.9 Å². The van der Waals surface area contributed by atoms with E-state index in [1.807, 2.05) is 18.2 Å². The number of aryl methyl sites for hydroxylation is 2. The molecule has 3 aromatic rings. The number of hydrogen-bond donors (Lipinski definition) is 0. The lowest BCUT2D eigenvalue weighted by molar-refractivity contribution is 0.0600. The summed E-state index contributed by atoms with van der Waals surface area (Å²) in [5.74, 6) is -0.604. The topological polar surface area (TPSA) is 39.2 Å². The van der Waals surface area contributed by atoms with Crippen LogP contribution in [0.25, 0.3) is 10.2 Å². The van der Waals surface area contributed by atoms with Gasteiger partial charge >= 0.3 is 5.97 Å². The van der Waals surface area contributed by atoms with E-state index >= 15 is 0 Å². The number of rotatable bonds is 4. The SMILES string of the molecule is COC(=O)c1cccc(CCc2nc3cc(F)ccc3s2)c1. The van der Waals surface area contributed by atoms with Crippen LogP contribution in [0.5, 0.6) is 0 Å². The minimum Gasteiger partial charge on any atom is -0.465 e. The largest absolute Gasteiger partial charge is 0.465 e. The Balaban J connectivity index is 1.75. The van der Waals surface area contributed by atoms with Crippen LogP contribution in [-0.4, -0.2) is 18.1 Å². The summed E-state index contributed by atoms with van der Waals surface area (Å²) in [5, 5.41) is 0.962. The minimum absolute atomic E-state index is 0.268. The van der Waals surface area contributed by atoms with Crippen LogP contribution in [0.15, 0.2) is 42.5 Å². The molecule has 3 rings (SSSR count). The van der Waals surface area contributed by atoms with Gasteiger partial charge in [0.2, 0.25) is 0 Å². The quantitative estimate of drug-likeness (QED) is 0.683. The molecule has 112 valence electrons. The highest BCUT2D eigenvalue weighted by Crippen LogP contribution is 2.24. The van der Waals surface area contributed by atoms with Gasteiger partial charge in [-0.25, -0.2) is 14.2 Å². The van der Waals surface area contributed by atoms with Crippen LogP contribution in [0.2, 0.25) is 0 Å².